The lowest BCUT2D eigenvalue weighted by Gasteiger charge is -2.26. The smallest absolute Gasteiger partial charge is 0.379 e. The second-order valence-electron chi connectivity index (χ2n) is 6.85. The Morgan fingerprint density at radius 1 is 1.16 bits per heavy atom. The Morgan fingerprint density at radius 3 is 2.47 bits per heavy atom. The van der Waals surface area contributed by atoms with Crippen LogP contribution in [0.3, 0.4) is 0 Å². The molecule has 0 aliphatic rings. The van der Waals surface area contributed by atoms with Crippen molar-refractivity contribution in [2.75, 3.05) is 11.1 Å². The van der Waals surface area contributed by atoms with Crippen molar-refractivity contribution in [1.29, 1.82) is 5.26 Å². The molecule has 0 aliphatic heterocycles. The maximum Gasteiger partial charge on any atom is 0.417 e. The van der Waals surface area contributed by atoms with Crippen molar-refractivity contribution in [1.82, 2.24) is 0 Å². The molecule has 1 atom stereocenters. The third-order valence-electron chi connectivity index (χ3n) is 4.46. The highest BCUT2D eigenvalue weighted by Crippen LogP contribution is 2.34. The summed E-state index contributed by atoms with van der Waals surface area (Å²) in [6.07, 6.45) is -4.84. The number of aliphatic hydroxyl groups is 1. The summed E-state index contributed by atoms with van der Waals surface area (Å²) in [5, 5.41) is 24.2. The Hall–Kier alpha value is -2.87. The summed E-state index contributed by atoms with van der Waals surface area (Å²) in [5.41, 5.74) is -3.91. The number of hydrogen-bond donors (Lipinski definition) is 2. The molecule has 0 fully saturated rings. The Labute approximate surface area is 189 Å². The van der Waals surface area contributed by atoms with Crippen LogP contribution in [0.2, 0.25) is 0 Å². The summed E-state index contributed by atoms with van der Waals surface area (Å²) in [7, 11) is 0. The molecule has 0 spiro atoms. The quantitative estimate of drug-likeness (QED) is 0.347. The maximum atomic E-state index is 13.2. The number of thiophene rings is 1. The predicted octanol–water partition coefficient (Wildman–Crippen LogP) is 5.48. The molecule has 2 aromatic carbocycles. The van der Waals surface area contributed by atoms with Crippen molar-refractivity contribution in [3.8, 4) is 6.07 Å². The van der Waals surface area contributed by atoms with Gasteiger partial charge < -0.3 is 10.4 Å². The van der Waals surface area contributed by atoms with Crippen molar-refractivity contribution in [2.45, 2.75) is 23.1 Å². The number of alkyl halides is 3. The topological polar surface area (TPSA) is 73.1 Å². The van der Waals surface area contributed by atoms with E-state index in [0.29, 0.717) is 15.8 Å². The zero-order chi connectivity index (χ0) is 23.4. The first kappa shape index (κ1) is 23.8. The fraction of sp³-hybridized carbons (Fsp3) is 0.182. The van der Waals surface area contributed by atoms with Gasteiger partial charge in [-0.15, -0.1) is 23.1 Å². The van der Waals surface area contributed by atoms with Gasteiger partial charge >= 0.3 is 6.18 Å². The molecule has 0 unspecified atom stereocenters. The fourth-order valence-corrected chi connectivity index (χ4v) is 4.61. The molecule has 3 rings (SSSR count). The van der Waals surface area contributed by atoms with E-state index in [1.807, 2.05) is 0 Å². The van der Waals surface area contributed by atoms with Gasteiger partial charge in [0.25, 0.3) is 5.91 Å². The van der Waals surface area contributed by atoms with E-state index in [1.54, 1.807) is 17.5 Å². The summed E-state index contributed by atoms with van der Waals surface area (Å²) >= 11 is 2.44. The maximum absolute atomic E-state index is 13.2. The van der Waals surface area contributed by atoms with Crippen LogP contribution < -0.4 is 5.32 Å². The monoisotopic (exact) mass is 480 g/mol. The molecule has 1 amide bonds. The van der Waals surface area contributed by atoms with Gasteiger partial charge in [0.15, 0.2) is 5.60 Å². The Bertz CT molecular complexity index is 1130. The highest BCUT2D eigenvalue weighted by molar-refractivity contribution is 7.99. The van der Waals surface area contributed by atoms with Crippen LogP contribution in [0.4, 0.5) is 23.2 Å². The first-order valence-corrected chi connectivity index (χ1v) is 11.0. The van der Waals surface area contributed by atoms with Crippen molar-refractivity contribution < 1.29 is 27.5 Å². The number of rotatable bonds is 7. The standard InChI is InChI=1S/C22H16F4N2O2S2/c23-15-4-7-17(8-5-15)32-13-21(30,11-18-2-1-9-31-18)20(29)28-16-6-3-14(12-27)19(10-16)22(24,25)26/h1-10,30H,11,13H2,(H,28,29)/t21-/m0/s1. The van der Waals surface area contributed by atoms with Crippen LogP contribution in [0.5, 0.6) is 0 Å². The van der Waals surface area contributed by atoms with Gasteiger partial charge in [0.2, 0.25) is 0 Å². The number of nitrogens with zero attached hydrogens (tertiary/aromatic N) is 1. The van der Waals surface area contributed by atoms with Crippen molar-refractivity contribution in [3.05, 3.63) is 81.8 Å². The van der Waals surface area contributed by atoms with Crippen LogP contribution in [0, 0.1) is 17.1 Å². The van der Waals surface area contributed by atoms with Crippen molar-refractivity contribution >= 4 is 34.7 Å². The van der Waals surface area contributed by atoms with E-state index >= 15 is 0 Å². The van der Waals surface area contributed by atoms with Gasteiger partial charge in [0.05, 0.1) is 17.2 Å². The van der Waals surface area contributed by atoms with Gasteiger partial charge in [0, 0.05) is 27.6 Å². The van der Waals surface area contributed by atoms with Crippen LogP contribution in [-0.4, -0.2) is 22.4 Å². The highest BCUT2D eigenvalue weighted by atomic mass is 32.2. The summed E-state index contributed by atoms with van der Waals surface area (Å²) in [4.78, 5) is 14.3. The molecule has 0 radical (unpaired) electrons. The fourth-order valence-electron chi connectivity index (χ4n) is 2.83. The van der Waals surface area contributed by atoms with Crippen LogP contribution in [0.1, 0.15) is 16.0 Å². The van der Waals surface area contributed by atoms with Crippen LogP contribution in [-0.2, 0) is 17.4 Å². The number of nitrogens with one attached hydrogen (secondary N) is 1. The molecule has 166 valence electrons. The minimum Gasteiger partial charge on any atom is -0.379 e. The number of anilines is 1. The minimum absolute atomic E-state index is 0.0624. The Kier molecular flexibility index (Phi) is 7.23. The number of hydrogen-bond acceptors (Lipinski definition) is 5. The van der Waals surface area contributed by atoms with E-state index in [-0.39, 0.29) is 17.9 Å². The first-order chi connectivity index (χ1) is 15.1. The van der Waals surface area contributed by atoms with Crippen LogP contribution in [0.25, 0.3) is 0 Å². The van der Waals surface area contributed by atoms with Crippen molar-refractivity contribution in [3.63, 3.8) is 0 Å². The zero-order valence-electron chi connectivity index (χ0n) is 16.3. The summed E-state index contributed by atoms with van der Waals surface area (Å²) in [5.74, 6) is -1.44. The van der Waals surface area contributed by atoms with E-state index in [4.69, 9.17) is 5.26 Å². The zero-order valence-corrected chi connectivity index (χ0v) is 18.0. The molecule has 10 heteroatoms. The third kappa shape index (κ3) is 5.88. The second-order valence-corrected chi connectivity index (χ2v) is 8.94. The molecule has 0 aliphatic carbocycles. The lowest BCUT2D eigenvalue weighted by atomic mass is 9.99. The van der Waals surface area contributed by atoms with Gasteiger partial charge in [-0.05, 0) is 53.9 Å². The number of amides is 1. The van der Waals surface area contributed by atoms with Gasteiger partial charge in [-0.2, -0.15) is 18.4 Å². The molecule has 3 aromatic rings. The minimum atomic E-state index is -4.78. The summed E-state index contributed by atoms with van der Waals surface area (Å²) < 4.78 is 52.8. The van der Waals surface area contributed by atoms with Gasteiger partial charge in [0.1, 0.15) is 5.82 Å². The molecular formula is C22H16F4N2O2S2. The number of nitriles is 1. The number of halogens is 4. The van der Waals surface area contributed by atoms with E-state index in [9.17, 15) is 27.5 Å². The molecule has 0 bridgehead atoms. The SMILES string of the molecule is N#Cc1ccc(NC(=O)[C@@](O)(CSc2ccc(F)cc2)Cc2cccs2)cc1C(F)(F)F. The molecule has 1 aromatic heterocycles. The highest BCUT2D eigenvalue weighted by Gasteiger charge is 2.38. The van der Waals surface area contributed by atoms with Gasteiger partial charge in [-0.3, -0.25) is 4.79 Å². The second kappa shape index (κ2) is 9.73. The summed E-state index contributed by atoms with van der Waals surface area (Å²) in [6.45, 7) is 0. The molecular weight excluding hydrogens is 464 g/mol. The van der Waals surface area contributed by atoms with E-state index in [0.717, 1.165) is 17.8 Å². The molecule has 0 saturated carbocycles. The number of thioether (sulfide) groups is 1. The van der Waals surface area contributed by atoms with E-state index in [1.165, 1.54) is 47.7 Å². The lowest BCUT2D eigenvalue weighted by molar-refractivity contribution is -0.138. The number of benzene rings is 2. The largest absolute Gasteiger partial charge is 0.417 e. The molecule has 32 heavy (non-hydrogen) atoms. The van der Waals surface area contributed by atoms with Crippen molar-refractivity contribution in [2.24, 2.45) is 0 Å². The molecule has 4 nitrogen and oxygen atoms in total. The van der Waals surface area contributed by atoms with E-state index < -0.39 is 34.6 Å². The lowest BCUT2D eigenvalue weighted by Crippen LogP contribution is -2.47. The predicted molar refractivity (Wildman–Crippen MR) is 115 cm³/mol. The Morgan fingerprint density at radius 2 is 1.88 bits per heavy atom. The average molecular weight is 481 g/mol. The molecule has 0 saturated heterocycles. The van der Waals surface area contributed by atoms with Gasteiger partial charge in [-0.1, -0.05) is 6.07 Å². The summed E-state index contributed by atoms with van der Waals surface area (Å²) in [6, 6.07) is 13.2. The van der Waals surface area contributed by atoms with Gasteiger partial charge in [-0.25, -0.2) is 4.39 Å². The number of carbonyl (C=O) groups is 1. The first-order valence-electron chi connectivity index (χ1n) is 9.17. The molecule has 1 heterocycles. The van der Waals surface area contributed by atoms with Crippen LogP contribution >= 0.6 is 23.1 Å². The number of carbonyl (C=O) groups excluding carboxylic acids is 1. The third-order valence-corrected chi connectivity index (χ3v) is 6.57. The molecule has 2 N–H and O–H groups in total. The Balaban J connectivity index is 1.85. The van der Waals surface area contributed by atoms with Crippen LogP contribution in [0.15, 0.2) is 64.9 Å². The normalized spacial score (nSPS) is 13.2. The van der Waals surface area contributed by atoms with E-state index in [2.05, 4.69) is 5.32 Å². The average Bonchev–Trinajstić information content (AvgIpc) is 3.25.